The Labute approximate surface area is 224 Å². The monoisotopic (exact) mass is 541 g/mol. The van der Waals surface area contributed by atoms with Gasteiger partial charge in [-0.3, -0.25) is 4.98 Å². The second kappa shape index (κ2) is 11.0. The van der Waals surface area contributed by atoms with Gasteiger partial charge in [0.15, 0.2) is 6.23 Å². The van der Waals surface area contributed by atoms with Crippen molar-refractivity contribution < 1.29 is 13.9 Å². The third-order valence-corrected chi connectivity index (χ3v) is 6.91. The number of rotatable bonds is 7. The van der Waals surface area contributed by atoms with Crippen LogP contribution in [0, 0.1) is 0 Å². The van der Waals surface area contributed by atoms with Crippen LogP contribution in [0.5, 0.6) is 5.75 Å². The number of pyridine rings is 2. The lowest BCUT2D eigenvalue weighted by atomic mass is 10.1. The van der Waals surface area contributed by atoms with Gasteiger partial charge < -0.3 is 14.8 Å². The van der Waals surface area contributed by atoms with Gasteiger partial charge in [-0.25, -0.2) is 14.1 Å². The van der Waals surface area contributed by atoms with Crippen molar-refractivity contribution in [2.24, 2.45) is 0 Å². The average Bonchev–Trinajstić information content (AvgIpc) is 3.26. The lowest BCUT2D eigenvalue weighted by Gasteiger charge is -2.23. The Morgan fingerprint density at radius 2 is 2.00 bits per heavy atom. The van der Waals surface area contributed by atoms with Gasteiger partial charge in [0.2, 0.25) is 0 Å². The molecule has 0 saturated carbocycles. The number of benzene rings is 1. The molecule has 1 saturated heterocycles. The third-order valence-electron chi connectivity index (χ3n) is 6.30. The molecule has 7 nitrogen and oxygen atoms in total. The minimum Gasteiger partial charge on any atom is -0.486 e. The van der Waals surface area contributed by atoms with Gasteiger partial charge in [-0.15, -0.1) is 0 Å². The van der Waals surface area contributed by atoms with Crippen LogP contribution in [-0.2, 0) is 4.74 Å². The first-order valence-corrected chi connectivity index (χ1v) is 12.8. The highest BCUT2D eigenvalue weighted by Gasteiger charge is 2.22. The van der Waals surface area contributed by atoms with Crippen LogP contribution in [-0.4, -0.2) is 33.4 Å². The standard InChI is InChI=1S/C27H26Cl2FN5O2/c1-16(27-20(28)14-32-15-21(27)29)37-18-7-8-24-19(11-18)23(34-35(24)26-5-3-4-10-36-26)12-22(30)17-6-9-25(31-2)33-13-17/h6-9,11-16,26H,3-5,10H2,1-2H3,(H,31,33)/b22-12-/t16-,26?/m1/s1. The van der Waals surface area contributed by atoms with E-state index in [1.807, 2.05) is 29.8 Å². The fraction of sp³-hybridized carbons (Fsp3) is 0.296. The summed E-state index contributed by atoms with van der Waals surface area (Å²) in [7, 11) is 1.76. The van der Waals surface area contributed by atoms with Crippen molar-refractivity contribution in [1.82, 2.24) is 19.7 Å². The summed E-state index contributed by atoms with van der Waals surface area (Å²) in [6, 6.07) is 9.01. The molecule has 1 unspecified atom stereocenters. The largest absolute Gasteiger partial charge is 0.486 e. The van der Waals surface area contributed by atoms with Crippen LogP contribution in [0.3, 0.4) is 0 Å². The Morgan fingerprint density at radius 3 is 2.68 bits per heavy atom. The van der Waals surface area contributed by atoms with Gasteiger partial charge in [0.05, 0.1) is 21.3 Å². The SMILES string of the molecule is CNc1ccc(/C(F)=C/c2nn(C3CCCCO3)c3ccc(O[C@H](C)c4c(Cl)cncc4Cl)cc23)cn1. The van der Waals surface area contributed by atoms with Crippen LogP contribution in [0.4, 0.5) is 10.2 Å². The zero-order chi connectivity index (χ0) is 25.9. The Balaban J connectivity index is 1.54. The first kappa shape index (κ1) is 25.4. The van der Waals surface area contributed by atoms with Crippen molar-refractivity contribution in [1.29, 1.82) is 0 Å². The number of fused-ring (bicyclic) bond motifs is 1. The summed E-state index contributed by atoms with van der Waals surface area (Å²) in [6.07, 6.45) is 8.22. The van der Waals surface area contributed by atoms with Crippen LogP contribution >= 0.6 is 23.2 Å². The maximum Gasteiger partial charge on any atom is 0.150 e. The summed E-state index contributed by atoms with van der Waals surface area (Å²) >= 11 is 12.6. The molecular formula is C27H26Cl2FN5O2. The lowest BCUT2D eigenvalue weighted by Crippen LogP contribution is -2.19. The molecule has 0 aliphatic carbocycles. The van der Waals surface area contributed by atoms with E-state index >= 15 is 4.39 Å². The molecule has 1 N–H and O–H groups in total. The lowest BCUT2D eigenvalue weighted by molar-refractivity contribution is -0.0367. The second-order valence-electron chi connectivity index (χ2n) is 8.78. The zero-order valence-corrected chi connectivity index (χ0v) is 21.9. The van der Waals surface area contributed by atoms with Crippen LogP contribution in [0.15, 0.2) is 48.9 Å². The molecule has 1 aliphatic rings. The summed E-state index contributed by atoms with van der Waals surface area (Å²) in [5.41, 5.74) is 2.30. The molecule has 3 aromatic heterocycles. The topological polar surface area (TPSA) is 74.1 Å². The molecule has 4 aromatic rings. The Bertz CT molecular complexity index is 1410. The second-order valence-corrected chi connectivity index (χ2v) is 9.60. The van der Waals surface area contributed by atoms with Crippen LogP contribution < -0.4 is 10.1 Å². The van der Waals surface area contributed by atoms with E-state index < -0.39 is 11.9 Å². The number of nitrogens with zero attached hydrogens (tertiary/aromatic N) is 4. The van der Waals surface area contributed by atoms with E-state index in [1.165, 1.54) is 24.7 Å². The van der Waals surface area contributed by atoms with Crippen molar-refractivity contribution in [3.05, 3.63) is 75.8 Å². The molecule has 2 atom stereocenters. The van der Waals surface area contributed by atoms with Crippen molar-refractivity contribution in [3.63, 3.8) is 0 Å². The Kier molecular flexibility index (Phi) is 7.60. The number of hydrogen-bond acceptors (Lipinski definition) is 6. The van der Waals surface area contributed by atoms with Crippen molar-refractivity contribution in [2.75, 3.05) is 19.0 Å². The fourth-order valence-electron chi connectivity index (χ4n) is 4.42. The van der Waals surface area contributed by atoms with Crippen molar-refractivity contribution in [2.45, 2.75) is 38.5 Å². The summed E-state index contributed by atoms with van der Waals surface area (Å²) in [6.45, 7) is 2.53. The molecule has 192 valence electrons. The highest BCUT2D eigenvalue weighted by molar-refractivity contribution is 6.35. The van der Waals surface area contributed by atoms with E-state index in [9.17, 15) is 0 Å². The smallest absolute Gasteiger partial charge is 0.150 e. The maximum absolute atomic E-state index is 15.3. The molecule has 4 heterocycles. The van der Waals surface area contributed by atoms with Gasteiger partial charge in [-0.1, -0.05) is 23.2 Å². The predicted octanol–water partition coefficient (Wildman–Crippen LogP) is 7.48. The molecule has 1 aromatic carbocycles. The van der Waals surface area contributed by atoms with E-state index in [1.54, 1.807) is 19.2 Å². The minimum atomic E-state index is -0.443. The van der Waals surface area contributed by atoms with Gasteiger partial charge >= 0.3 is 0 Å². The Hall–Kier alpha value is -3.20. The first-order chi connectivity index (χ1) is 17.9. The van der Waals surface area contributed by atoms with E-state index in [-0.39, 0.29) is 6.23 Å². The van der Waals surface area contributed by atoms with Crippen LogP contribution in [0.1, 0.15) is 55.3 Å². The van der Waals surface area contributed by atoms with Crippen LogP contribution in [0.2, 0.25) is 10.0 Å². The third kappa shape index (κ3) is 5.42. The average molecular weight is 542 g/mol. The molecule has 1 aliphatic heterocycles. The van der Waals surface area contributed by atoms with Crippen LogP contribution in [0.25, 0.3) is 22.8 Å². The fourth-order valence-corrected chi connectivity index (χ4v) is 5.09. The number of aromatic nitrogens is 4. The van der Waals surface area contributed by atoms with E-state index in [4.69, 9.17) is 37.8 Å². The first-order valence-electron chi connectivity index (χ1n) is 12.1. The molecule has 5 rings (SSSR count). The summed E-state index contributed by atoms with van der Waals surface area (Å²) in [5, 5.41) is 9.27. The number of nitrogens with one attached hydrogen (secondary N) is 1. The molecule has 1 fully saturated rings. The molecule has 0 spiro atoms. The number of anilines is 1. The molecule has 10 heteroatoms. The number of halogens is 3. The van der Waals surface area contributed by atoms with E-state index in [0.717, 1.165) is 30.2 Å². The maximum atomic E-state index is 15.3. The van der Waals surface area contributed by atoms with Gasteiger partial charge in [0.25, 0.3) is 0 Å². The van der Waals surface area contributed by atoms with Gasteiger partial charge in [-0.05, 0) is 56.5 Å². The van der Waals surface area contributed by atoms with E-state index in [2.05, 4.69) is 15.3 Å². The predicted molar refractivity (Wildman–Crippen MR) is 145 cm³/mol. The Morgan fingerprint density at radius 1 is 1.19 bits per heavy atom. The quantitative estimate of drug-likeness (QED) is 0.261. The molecule has 0 bridgehead atoms. The normalized spacial score (nSPS) is 17.1. The highest BCUT2D eigenvalue weighted by atomic mass is 35.5. The molecule has 37 heavy (non-hydrogen) atoms. The van der Waals surface area contributed by atoms with Crippen molar-refractivity contribution >= 4 is 51.8 Å². The molecular weight excluding hydrogens is 516 g/mol. The summed E-state index contributed by atoms with van der Waals surface area (Å²) < 4.78 is 29.3. The zero-order valence-electron chi connectivity index (χ0n) is 20.4. The highest BCUT2D eigenvalue weighted by Crippen LogP contribution is 2.36. The number of hydrogen-bond donors (Lipinski definition) is 1. The number of ether oxygens (including phenoxy) is 2. The molecule has 0 radical (unpaired) electrons. The van der Waals surface area contributed by atoms with E-state index in [0.29, 0.717) is 45.0 Å². The van der Waals surface area contributed by atoms with Gasteiger partial charge in [0.1, 0.15) is 23.5 Å². The summed E-state index contributed by atoms with van der Waals surface area (Å²) in [5.74, 6) is 0.787. The van der Waals surface area contributed by atoms with Gasteiger partial charge in [-0.2, -0.15) is 5.10 Å². The minimum absolute atomic E-state index is 0.210. The molecule has 0 amide bonds. The summed E-state index contributed by atoms with van der Waals surface area (Å²) in [4.78, 5) is 8.21. The van der Waals surface area contributed by atoms with Crippen molar-refractivity contribution in [3.8, 4) is 5.75 Å². The van der Waals surface area contributed by atoms with Gasteiger partial charge in [0, 0.05) is 54.8 Å².